The maximum absolute atomic E-state index is 13.3. The number of alkyl halides is 2. The second-order valence-electron chi connectivity index (χ2n) is 6.10. The van der Waals surface area contributed by atoms with Crippen molar-refractivity contribution in [2.45, 2.75) is 32.1 Å². The number of halogens is 2. The number of hydrogen-bond acceptors (Lipinski definition) is 2. The van der Waals surface area contributed by atoms with E-state index < -0.39 is 11.3 Å². The van der Waals surface area contributed by atoms with Crippen molar-refractivity contribution in [2.24, 2.45) is 5.41 Å². The Kier molecular flexibility index (Phi) is 3.38. The number of piperidine rings is 1. The maximum atomic E-state index is 13.3. The Balaban J connectivity index is 1.50. The van der Waals surface area contributed by atoms with Crippen LogP contribution in [0.25, 0.3) is 0 Å². The van der Waals surface area contributed by atoms with Gasteiger partial charge in [0.1, 0.15) is 5.75 Å². The van der Waals surface area contributed by atoms with Crippen molar-refractivity contribution in [2.75, 3.05) is 19.7 Å². The molecule has 1 aromatic rings. The van der Waals surface area contributed by atoms with Crippen molar-refractivity contribution in [1.29, 1.82) is 0 Å². The predicted octanol–water partition coefficient (Wildman–Crippen LogP) is 3.02. The number of amides is 1. The van der Waals surface area contributed by atoms with Crippen LogP contribution in [0.2, 0.25) is 0 Å². The van der Waals surface area contributed by atoms with E-state index in [-0.39, 0.29) is 18.9 Å². The van der Waals surface area contributed by atoms with Crippen molar-refractivity contribution >= 4 is 5.91 Å². The molecule has 21 heavy (non-hydrogen) atoms. The van der Waals surface area contributed by atoms with E-state index in [1.54, 1.807) is 4.90 Å². The van der Waals surface area contributed by atoms with Gasteiger partial charge in [0.15, 0.2) is 6.61 Å². The Morgan fingerprint density at radius 3 is 2.48 bits per heavy atom. The first-order chi connectivity index (χ1) is 9.94. The highest BCUT2D eigenvalue weighted by atomic mass is 19.3. The van der Waals surface area contributed by atoms with Gasteiger partial charge in [-0.25, -0.2) is 8.78 Å². The normalized spacial score (nSPS) is 22.1. The summed E-state index contributed by atoms with van der Waals surface area (Å²) in [7, 11) is 0. The van der Waals surface area contributed by atoms with Crippen molar-refractivity contribution in [1.82, 2.24) is 4.90 Å². The monoisotopic (exact) mass is 295 g/mol. The van der Waals surface area contributed by atoms with Crippen LogP contribution in [0, 0.1) is 12.3 Å². The summed E-state index contributed by atoms with van der Waals surface area (Å²) in [4.78, 5) is 13.7. The molecule has 1 heterocycles. The first-order valence-corrected chi connectivity index (χ1v) is 7.28. The zero-order chi connectivity index (χ0) is 15.1. The molecule has 1 aromatic carbocycles. The molecule has 3 nitrogen and oxygen atoms in total. The van der Waals surface area contributed by atoms with E-state index in [1.807, 2.05) is 31.2 Å². The second-order valence-corrected chi connectivity index (χ2v) is 6.10. The summed E-state index contributed by atoms with van der Waals surface area (Å²) in [6, 6.07) is 7.49. The molecule has 2 aliphatic rings. The molecule has 1 amide bonds. The van der Waals surface area contributed by atoms with Crippen LogP contribution in [0.15, 0.2) is 24.3 Å². The van der Waals surface area contributed by atoms with Gasteiger partial charge in [0.25, 0.3) is 11.8 Å². The lowest BCUT2D eigenvalue weighted by atomic mass is 9.93. The van der Waals surface area contributed by atoms with E-state index in [1.165, 1.54) is 0 Å². The highest BCUT2D eigenvalue weighted by molar-refractivity contribution is 5.78. The van der Waals surface area contributed by atoms with Crippen LogP contribution in [0.5, 0.6) is 5.75 Å². The van der Waals surface area contributed by atoms with Gasteiger partial charge in [0.2, 0.25) is 0 Å². The van der Waals surface area contributed by atoms with Crippen LogP contribution in [0.4, 0.5) is 8.78 Å². The highest BCUT2D eigenvalue weighted by Crippen LogP contribution is 2.65. The fraction of sp³-hybridized carbons (Fsp3) is 0.562. The van der Waals surface area contributed by atoms with Crippen molar-refractivity contribution in [3.8, 4) is 5.75 Å². The Bertz CT molecular complexity index is 551. The molecule has 1 saturated carbocycles. The molecular formula is C16H19F2NO2. The van der Waals surface area contributed by atoms with Crippen LogP contribution in [0.3, 0.4) is 0 Å². The van der Waals surface area contributed by atoms with Gasteiger partial charge in [-0.3, -0.25) is 4.79 Å². The van der Waals surface area contributed by atoms with Crippen LogP contribution in [0.1, 0.15) is 24.8 Å². The standard InChI is InChI=1S/C16H19F2NO2/c1-12-4-2-3-5-13(12)21-10-14(20)19-8-6-15(7-9-19)11-16(15,17)18/h2-5H,6-11H2,1H3. The summed E-state index contributed by atoms with van der Waals surface area (Å²) in [5.74, 6) is -1.95. The summed E-state index contributed by atoms with van der Waals surface area (Å²) in [6.07, 6.45) is 0.786. The summed E-state index contributed by atoms with van der Waals surface area (Å²) >= 11 is 0. The lowest BCUT2D eigenvalue weighted by molar-refractivity contribution is -0.135. The van der Waals surface area contributed by atoms with Crippen molar-refractivity contribution in [3.05, 3.63) is 29.8 Å². The van der Waals surface area contributed by atoms with Crippen molar-refractivity contribution < 1.29 is 18.3 Å². The lowest BCUT2D eigenvalue weighted by Crippen LogP contribution is -2.42. The molecule has 114 valence electrons. The zero-order valence-electron chi connectivity index (χ0n) is 12.1. The minimum atomic E-state index is -2.51. The van der Waals surface area contributed by atoms with E-state index in [0.29, 0.717) is 31.7 Å². The summed E-state index contributed by atoms with van der Waals surface area (Å²) < 4.78 is 32.1. The van der Waals surface area contributed by atoms with Gasteiger partial charge < -0.3 is 9.64 Å². The molecule has 1 aliphatic heterocycles. The van der Waals surface area contributed by atoms with Crippen LogP contribution < -0.4 is 4.74 Å². The molecule has 0 radical (unpaired) electrons. The Morgan fingerprint density at radius 2 is 1.90 bits per heavy atom. The molecule has 0 bridgehead atoms. The first-order valence-electron chi connectivity index (χ1n) is 7.28. The molecule has 0 unspecified atom stereocenters. The average Bonchev–Trinajstić information content (AvgIpc) is 2.98. The number of ether oxygens (including phenoxy) is 1. The minimum absolute atomic E-state index is 0.0122. The molecule has 0 N–H and O–H groups in total. The fourth-order valence-corrected chi connectivity index (χ4v) is 3.06. The SMILES string of the molecule is Cc1ccccc1OCC(=O)N1CCC2(CC1)CC2(F)F. The lowest BCUT2D eigenvalue weighted by Gasteiger charge is -2.32. The van der Waals surface area contributed by atoms with Gasteiger partial charge in [-0.05, 0) is 31.4 Å². The Morgan fingerprint density at radius 1 is 1.29 bits per heavy atom. The van der Waals surface area contributed by atoms with Gasteiger partial charge in [0, 0.05) is 24.9 Å². The number of carbonyl (C=O) groups is 1. The Labute approximate surface area is 122 Å². The number of benzene rings is 1. The van der Waals surface area contributed by atoms with E-state index >= 15 is 0 Å². The van der Waals surface area contributed by atoms with Crippen LogP contribution in [-0.4, -0.2) is 36.4 Å². The number of nitrogens with zero attached hydrogens (tertiary/aromatic N) is 1. The molecular weight excluding hydrogens is 276 g/mol. The van der Waals surface area contributed by atoms with Gasteiger partial charge in [-0.1, -0.05) is 18.2 Å². The summed E-state index contributed by atoms with van der Waals surface area (Å²) in [5.41, 5.74) is 0.154. The predicted molar refractivity (Wildman–Crippen MR) is 74.5 cm³/mol. The third-order valence-corrected chi connectivity index (χ3v) is 4.73. The quantitative estimate of drug-likeness (QED) is 0.858. The maximum Gasteiger partial charge on any atom is 0.260 e. The number of para-hydroxylation sites is 1. The number of likely N-dealkylation sites (tertiary alicyclic amines) is 1. The smallest absolute Gasteiger partial charge is 0.260 e. The van der Waals surface area contributed by atoms with Crippen LogP contribution in [-0.2, 0) is 4.79 Å². The molecule has 1 spiro atoms. The Hall–Kier alpha value is -1.65. The number of rotatable bonds is 3. The van der Waals surface area contributed by atoms with E-state index in [0.717, 1.165) is 5.56 Å². The third-order valence-electron chi connectivity index (χ3n) is 4.73. The number of carbonyl (C=O) groups excluding carboxylic acids is 1. The molecule has 0 atom stereocenters. The molecule has 0 aromatic heterocycles. The van der Waals surface area contributed by atoms with Gasteiger partial charge in [0.05, 0.1) is 0 Å². The van der Waals surface area contributed by atoms with Crippen molar-refractivity contribution in [3.63, 3.8) is 0 Å². The highest BCUT2D eigenvalue weighted by Gasteiger charge is 2.70. The third kappa shape index (κ3) is 2.61. The molecule has 1 aliphatic carbocycles. The molecule has 5 heteroatoms. The average molecular weight is 295 g/mol. The summed E-state index contributed by atoms with van der Waals surface area (Å²) in [5, 5.41) is 0. The second kappa shape index (κ2) is 4.97. The molecule has 2 fully saturated rings. The van der Waals surface area contributed by atoms with E-state index in [4.69, 9.17) is 4.74 Å². The fourth-order valence-electron chi connectivity index (χ4n) is 3.06. The van der Waals surface area contributed by atoms with Gasteiger partial charge in [-0.15, -0.1) is 0 Å². The van der Waals surface area contributed by atoms with Gasteiger partial charge >= 0.3 is 0 Å². The first kappa shape index (κ1) is 14.3. The number of hydrogen-bond donors (Lipinski definition) is 0. The number of aryl methyl sites for hydroxylation is 1. The topological polar surface area (TPSA) is 29.5 Å². The molecule has 1 saturated heterocycles. The largest absolute Gasteiger partial charge is 0.484 e. The van der Waals surface area contributed by atoms with E-state index in [2.05, 4.69) is 0 Å². The minimum Gasteiger partial charge on any atom is -0.484 e. The molecule has 3 rings (SSSR count). The zero-order valence-corrected chi connectivity index (χ0v) is 12.1. The van der Waals surface area contributed by atoms with Gasteiger partial charge in [-0.2, -0.15) is 0 Å². The van der Waals surface area contributed by atoms with Crippen LogP contribution >= 0.6 is 0 Å². The summed E-state index contributed by atoms with van der Waals surface area (Å²) in [6.45, 7) is 2.70. The van der Waals surface area contributed by atoms with E-state index in [9.17, 15) is 13.6 Å².